The average Bonchev–Trinajstić information content (AvgIpc) is 3.56. The first-order valence-electron chi connectivity index (χ1n) is 11.1. The van der Waals surface area contributed by atoms with Crippen molar-refractivity contribution in [2.45, 2.75) is 25.3 Å². The summed E-state index contributed by atoms with van der Waals surface area (Å²) in [5.74, 6) is 0.247. The Balaban J connectivity index is 0.00000144. The lowest BCUT2D eigenvalue weighted by molar-refractivity contribution is 0.343. The van der Waals surface area contributed by atoms with Crippen molar-refractivity contribution in [2.75, 3.05) is 18.8 Å². The van der Waals surface area contributed by atoms with Crippen molar-refractivity contribution >= 4 is 53.6 Å². The fraction of sp³-hybridized carbons (Fsp3) is 0.240. The van der Waals surface area contributed by atoms with E-state index in [1.165, 1.54) is 12.1 Å². The molecule has 3 N–H and O–H groups in total. The van der Waals surface area contributed by atoms with E-state index in [0.717, 1.165) is 75.8 Å². The molecule has 1 fully saturated rings. The number of nitrogen functional groups attached to an aromatic ring is 1. The highest BCUT2D eigenvalue weighted by atomic mass is 35.5. The zero-order chi connectivity index (χ0) is 22.4. The van der Waals surface area contributed by atoms with Gasteiger partial charge >= 0.3 is 0 Å². The Morgan fingerprint density at radius 3 is 2.54 bits per heavy atom. The first kappa shape index (κ1) is 25.3. The number of hydrogen-bond donors (Lipinski definition) is 2. The molecule has 0 atom stereocenters. The molecule has 4 aromatic rings. The van der Waals surface area contributed by atoms with Crippen LogP contribution in [0.4, 0.5) is 10.2 Å². The highest BCUT2D eigenvalue weighted by Crippen LogP contribution is 2.40. The standard InChI is InChI=1S/C25H23FN6S.2ClH/c26-19-3-1-15(2-4-19)16-10-22-23(11-16)33-25(31-22)21-9-17(12-29-24(21)27)18-13-30-32(14-18)20-5-7-28-8-6-20;;/h1-4,9,11-14,20,28H,5-8,10H2,(H2,27,29);2*1H. The quantitative estimate of drug-likeness (QED) is 0.356. The van der Waals surface area contributed by atoms with Crippen LogP contribution in [0.1, 0.15) is 35.0 Å². The average molecular weight is 531 g/mol. The lowest BCUT2D eigenvalue weighted by Gasteiger charge is -2.22. The molecular formula is C25H25Cl2FN6S. The molecule has 2 aliphatic rings. The van der Waals surface area contributed by atoms with Crippen LogP contribution in [0.3, 0.4) is 0 Å². The lowest BCUT2D eigenvalue weighted by atomic mass is 10.1. The van der Waals surface area contributed by atoms with Crippen LogP contribution in [0.15, 0.2) is 48.9 Å². The maximum Gasteiger partial charge on any atom is 0.133 e. The number of allylic oxidation sites excluding steroid dienone is 1. The van der Waals surface area contributed by atoms with Crippen molar-refractivity contribution in [3.63, 3.8) is 0 Å². The monoisotopic (exact) mass is 530 g/mol. The Kier molecular flexibility index (Phi) is 7.56. The second-order valence-corrected chi connectivity index (χ2v) is 9.56. The molecule has 4 heterocycles. The molecule has 182 valence electrons. The number of nitrogens with one attached hydrogen (secondary N) is 1. The predicted octanol–water partition coefficient (Wildman–Crippen LogP) is 5.65. The van der Waals surface area contributed by atoms with E-state index in [2.05, 4.69) is 38.4 Å². The second-order valence-electron chi connectivity index (χ2n) is 8.53. The number of aromatic nitrogens is 4. The summed E-state index contributed by atoms with van der Waals surface area (Å²) in [5, 5.41) is 8.87. The fourth-order valence-corrected chi connectivity index (χ4v) is 5.59. The van der Waals surface area contributed by atoms with Gasteiger partial charge in [0.05, 0.1) is 28.4 Å². The molecule has 35 heavy (non-hydrogen) atoms. The van der Waals surface area contributed by atoms with E-state index >= 15 is 0 Å². The minimum atomic E-state index is -0.225. The number of thiazole rings is 1. The number of rotatable bonds is 4. The van der Waals surface area contributed by atoms with Crippen molar-refractivity contribution < 1.29 is 4.39 Å². The predicted molar refractivity (Wildman–Crippen MR) is 145 cm³/mol. The third kappa shape index (κ3) is 4.97. The molecule has 6 rings (SSSR count). The Labute approximate surface area is 219 Å². The summed E-state index contributed by atoms with van der Waals surface area (Å²) in [7, 11) is 0. The normalized spacial score (nSPS) is 15.2. The largest absolute Gasteiger partial charge is 0.383 e. The van der Waals surface area contributed by atoms with E-state index in [9.17, 15) is 4.39 Å². The van der Waals surface area contributed by atoms with Crippen LogP contribution < -0.4 is 11.1 Å². The Morgan fingerprint density at radius 2 is 1.80 bits per heavy atom. The molecule has 1 aliphatic carbocycles. The molecule has 0 unspecified atom stereocenters. The minimum absolute atomic E-state index is 0. The van der Waals surface area contributed by atoms with Crippen LogP contribution in [-0.2, 0) is 6.42 Å². The number of anilines is 1. The van der Waals surface area contributed by atoms with E-state index in [-0.39, 0.29) is 30.6 Å². The molecule has 10 heteroatoms. The Hall–Kier alpha value is -2.78. The zero-order valence-electron chi connectivity index (χ0n) is 18.8. The van der Waals surface area contributed by atoms with Gasteiger partial charge in [-0.25, -0.2) is 14.4 Å². The summed E-state index contributed by atoms with van der Waals surface area (Å²) in [4.78, 5) is 10.4. The molecule has 6 nitrogen and oxygen atoms in total. The van der Waals surface area contributed by atoms with Gasteiger partial charge < -0.3 is 11.1 Å². The van der Waals surface area contributed by atoms with Crippen molar-refractivity contribution in [1.29, 1.82) is 0 Å². The van der Waals surface area contributed by atoms with Gasteiger partial charge in [0.25, 0.3) is 0 Å². The first-order chi connectivity index (χ1) is 16.1. The zero-order valence-corrected chi connectivity index (χ0v) is 21.2. The molecule has 1 aromatic carbocycles. The molecule has 1 saturated heterocycles. The fourth-order valence-electron chi connectivity index (χ4n) is 4.52. The second kappa shape index (κ2) is 10.5. The number of fused-ring (bicyclic) bond motifs is 1. The smallest absolute Gasteiger partial charge is 0.133 e. The van der Waals surface area contributed by atoms with E-state index in [1.807, 2.05) is 18.3 Å². The summed E-state index contributed by atoms with van der Waals surface area (Å²) >= 11 is 1.61. The molecule has 1 aliphatic heterocycles. The van der Waals surface area contributed by atoms with Gasteiger partial charge in [0, 0.05) is 29.9 Å². The third-order valence-electron chi connectivity index (χ3n) is 6.37. The highest BCUT2D eigenvalue weighted by molar-refractivity contribution is 7.16. The maximum absolute atomic E-state index is 13.3. The van der Waals surface area contributed by atoms with Gasteiger partial charge in [0.15, 0.2) is 0 Å². The van der Waals surface area contributed by atoms with Gasteiger partial charge in [0.2, 0.25) is 0 Å². The lowest BCUT2D eigenvalue weighted by Crippen LogP contribution is -2.29. The van der Waals surface area contributed by atoms with Crippen LogP contribution in [0.2, 0.25) is 0 Å². The maximum atomic E-state index is 13.3. The number of nitrogens with zero attached hydrogens (tertiary/aromatic N) is 4. The molecule has 0 spiro atoms. The summed E-state index contributed by atoms with van der Waals surface area (Å²) in [6, 6.07) is 9.11. The number of benzene rings is 1. The summed E-state index contributed by atoms with van der Waals surface area (Å²) < 4.78 is 15.3. The SMILES string of the molecule is Cl.Cl.Nc1ncc(-c2cnn(C3CCNCC3)c2)cc1-c1nc2c(s1)C=C(c1ccc(F)cc1)C2. The molecule has 3 aromatic heterocycles. The number of piperidine rings is 1. The third-order valence-corrected chi connectivity index (χ3v) is 7.45. The first-order valence-corrected chi connectivity index (χ1v) is 11.9. The van der Waals surface area contributed by atoms with Gasteiger partial charge in [-0.3, -0.25) is 4.68 Å². The molecule has 0 amide bonds. The van der Waals surface area contributed by atoms with E-state index < -0.39 is 0 Å². The number of halogens is 3. The van der Waals surface area contributed by atoms with Crippen molar-refractivity contribution in [1.82, 2.24) is 25.1 Å². The van der Waals surface area contributed by atoms with Gasteiger partial charge in [0.1, 0.15) is 16.6 Å². The Bertz CT molecular complexity index is 1360. The van der Waals surface area contributed by atoms with Gasteiger partial charge in [-0.05, 0) is 61.3 Å². The summed E-state index contributed by atoms with van der Waals surface area (Å²) in [5.41, 5.74) is 12.3. The minimum Gasteiger partial charge on any atom is -0.383 e. The van der Waals surface area contributed by atoms with Gasteiger partial charge in [-0.15, -0.1) is 36.2 Å². The van der Waals surface area contributed by atoms with Gasteiger partial charge in [-0.1, -0.05) is 12.1 Å². The molecule has 0 bridgehead atoms. The topological polar surface area (TPSA) is 81.6 Å². The van der Waals surface area contributed by atoms with Crippen LogP contribution in [0.5, 0.6) is 0 Å². The van der Waals surface area contributed by atoms with Crippen LogP contribution in [0.25, 0.3) is 33.3 Å². The summed E-state index contributed by atoms with van der Waals surface area (Å²) in [6.07, 6.45) is 10.9. The van der Waals surface area contributed by atoms with Crippen LogP contribution in [-0.4, -0.2) is 32.8 Å². The van der Waals surface area contributed by atoms with Crippen molar-refractivity contribution in [2.24, 2.45) is 0 Å². The van der Waals surface area contributed by atoms with Crippen molar-refractivity contribution in [3.05, 3.63) is 70.9 Å². The van der Waals surface area contributed by atoms with E-state index in [4.69, 9.17) is 10.7 Å². The highest BCUT2D eigenvalue weighted by Gasteiger charge is 2.22. The summed E-state index contributed by atoms with van der Waals surface area (Å²) in [6.45, 7) is 2.05. The number of hydrogen-bond acceptors (Lipinski definition) is 6. The molecule has 0 saturated carbocycles. The van der Waals surface area contributed by atoms with Gasteiger partial charge in [-0.2, -0.15) is 5.10 Å². The molecular weight excluding hydrogens is 506 g/mol. The van der Waals surface area contributed by atoms with Crippen LogP contribution in [0, 0.1) is 5.82 Å². The van der Waals surface area contributed by atoms with E-state index in [1.54, 1.807) is 17.5 Å². The van der Waals surface area contributed by atoms with E-state index in [0.29, 0.717) is 11.9 Å². The number of pyridine rings is 1. The van der Waals surface area contributed by atoms with Crippen LogP contribution >= 0.6 is 36.2 Å². The number of nitrogens with two attached hydrogens (primary N) is 1. The molecule has 0 radical (unpaired) electrons. The van der Waals surface area contributed by atoms with Crippen molar-refractivity contribution in [3.8, 4) is 21.7 Å². The Morgan fingerprint density at radius 1 is 1.03 bits per heavy atom.